The Bertz CT molecular complexity index is 347. The van der Waals surface area contributed by atoms with E-state index in [0.29, 0.717) is 12.2 Å². The van der Waals surface area contributed by atoms with Crippen LogP contribution in [-0.4, -0.2) is 20.3 Å². The van der Waals surface area contributed by atoms with Crippen molar-refractivity contribution < 1.29 is 4.74 Å². The molecule has 0 spiro atoms. The van der Waals surface area contributed by atoms with Gasteiger partial charge in [-0.05, 0) is 25.8 Å². The van der Waals surface area contributed by atoms with Crippen LogP contribution in [0.3, 0.4) is 0 Å². The van der Waals surface area contributed by atoms with Crippen LogP contribution in [0.5, 0.6) is 0 Å². The summed E-state index contributed by atoms with van der Waals surface area (Å²) in [6, 6.07) is 11.0. The van der Waals surface area contributed by atoms with Gasteiger partial charge in [0.15, 0.2) is 0 Å². The topological polar surface area (TPSA) is 9.23 Å². The molecule has 1 aliphatic rings. The maximum atomic E-state index is 5.92. The SMILES string of the molecule is C[C@@H]1C[C@@H]([Si](C)(C)c2ccccc2)[C@H](C)O1. The zero-order valence-corrected chi connectivity index (χ0v) is 11.7. The van der Waals surface area contributed by atoms with Crippen LogP contribution < -0.4 is 5.19 Å². The molecule has 16 heavy (non-hydrogen) atoms. The van der Waals surface area contributed by atoms with Gasteiger partial charge in [0.1, 0.15) is 0 Å². The van der Waals surface area contributed by atoms with E-state index in [-0.39, 0.29) is 0 Å². The molecule has 0 aliphatic carbocycles. The quantitative estimate of drug-likeness (QED) is 0.714. The van der Waals surface area contributed by atoms with Crippen LogP contribution in [0.4, 0.5) is 0 Å². The van der Waals surface area contributed by atoms with Gasteiger partial charge in [-0.1, -0.05) is 48.6 Å². The Balaban J connectivity index is 2.25. The largest absolute Gasteiger partial charge is 0.376 e. The maximum absolute atomic E-state index is 5.92. The van der Waals surface area contributed by atoms with Gasteiger partial charge in [0.25, 0.3) is 0 Å². The van der Waals surface area contributed by atoms with Gasteiger partial charge >= 0.3 is 0 Å². The fourth-order valence-electron chi connectivity index (χ4n) is 3.03. The van der Waals surface area contributed by atoms with Crippen molar-refractivity contribution in [3.05, 3.63) is 30.3 Å². The molecule has 0 unspecified atom stereocenters. The van der Waals surface area contributed by atoms with E-state index in [0.717, 1.165) is 5.54 Å². The zero-order chi connectivity index (χ0) is 11.8. The van der Waals surface area contributed by atoms with E-state index in [2.05, 4.69) is 57.3 Å². The van der Waals surface area contributed by atoms with Crippen molar-refractivity contribution in [3.8, 4) is 0 Å². The molecule has 0 aromatic heterocycles. The van der Waals surface area contributed by atoms with Crippen molar-refractivity contribution in [2.24, 2.45) is 0 Å². The molecular formula is C14H22OSi. The van der Waals surface area contributed by atoms with E-state index in [1.807, 2.05) is 0 Å². The molecule has 0 radical (unpaired) electrons. The normalized spacial score (nSPS) is 30.6. The minimum absolute atomic E-state index is 0.428. The molecule has 3 atom stereocenters. The van der Waals surface area contributed by atoms with Crippen molar-refractivity contribution in [2.75, 3.05) is 0 Å². The van der Waals surface area contributed by atoms with Crippen LogP contribution in [0.1, 0.15) is 20.3 Å². The molecule has 1 aliphatic heterocycles. The third-order valence-corrected chi connectivity index (χ3v) is 8.42. The van der Waals surface area contributed by atoms with Crippen molar-refractivity contribution in [1.82, 2.24) is 0 Å². The van der Waals surface area contributed by atoms with Crippen LogP contribution in [0.2, 0.25) is 18.6 Å². The maximum Gasteiger partial charge on any atom is 0.0863 e. The highest BCUT2D eigenvalue weighted by Crippen LogP contribution is 2.38. The number of rotatable bonds is 2. The Labute approximate surface area is 99.8 Å². The average Bonchev–Trinajstić information content (AvgIpc) is 2.60. The van der Waals surface area contributed by atoms with Crippen molar-refractivity contribution in [1.29, 1.82) is 0 Å². The van der Waals surface area contributed by atoms with Gasteiger partial charge in [0.2, 0.25) is 0 Å². The zero-order valence-electron chi connectivity index (χ0n) is 10.7. The van der Waals surface area contributed by atoms with Crippen LogP contribution >= 0.6 is 0 Å². The standard InChI is InChI=1S/C14H22OSi/c1-11-10-14(12(2)15-11)16(3,4)13-8-6-5-7-9-13/h5-9,11-12,14H,10H2,1-4H3/t11-,12+,14-/m1/s1. The summed E-state index contributed by atoms with van der Waals surface area (Å²) in [7, 11) is -1.38. The van der Waals surface area contributed by atoms with E-state index < -0.39 is 8.07 Å². The van der Waals surface area contributed by atoms with E-state index >= 15 is 0 Å². The van der Waals surface area contributed by atoms with E-state index in [9.17, 15) is 0 Å². The van der Waals surface area contributed by atoms with E-state index in [1.165, 1.54) is 6.42 Å². The first-order chi connectivity index (χ1) is 7.51. The first-order valence-electron chi connectivity index (χ1n) is 6.23. The van der Waals surface area contributed by atoms with Gasteiger partial charge in [0, 0.05) is 0 Å². The molecule has 88 valence electrons. The van der Waals surface area contributed by atoms with Gasteiger partial charge in [-0.15, -0.1) is 0 Å². The highest BCUT2D eigenvalue weighted by molar-refractivity contribution is 6.91. The first kappa shape index (κ1) is 11.9. The molecule has 1 saturated heterocycles. The van der Waals surface area contributed by atoms with Gasteiger partial charge in [-0.3, -0.25) is 0 Å². The van der Waals surface area contributed by atoms with Crippen molar-refractivity contribution in [3.63, 3.8) is 0 Å². The molecule has 1 fully saturated rings. The summed E-state index contributed by atoms with van der Waals surface area (Å²) >= 11 is 0. The number of hydrogen-bond donors (Lipinski definition) is 0. The minimum Gasteiger partial charge on any atom is -0.376 e. The summed E-state index contributed by atoms with van der Waals surface area (Å²) in [5.74, 6) is 0. The van der Waals surface area contributed by atoms with Crippen LogP contribution in [0.25, 0.3) is 0 Å². The molecule has 0 amide bonds. The third kappa shape index (κ3) is 2.09. The Hall–Kier alpha value is -0.603. The van der Waals surface area contributed by atoms with Gasteiger partial charge in [-0.2, -0.15) is 0 Å². The lowest BCUT2D eigenvalue weighted by atomic mass is 10.2. The second kappa shape index (κ2) is 4.34. The number of hydrogen-bond acceptors (Lipinski definition) is 1. The highest BCUT2D eigenvalue weighted by atomic mass is 28.3. The molecule has 1 aromatic rings. The Kier molecular flexibility index (Phi) is 3.22. The minimum atomic E-state index is -1.38. The summed E-state index contributed by atoms with van der Waals surface area (Å²) in [4.78, 5) is 0. The van der Waals surface area contributed by atoms with Crippen molar-refractivity contribution >= 4 is 13.3 Å². The molecule has 1 nitrogen and oxygen atoms in total. The summed E-state index contributed by atoms with van der Waals surface area (Å²) in [6.45, 7) is 9.40. The Morgan fingerprint density at radius 2 is 1.75 bits per heavy atom. The van der Waals surface area contributed by atoms with Gasteiger partial charge < -0.3 is 4.74 Å². The predicted octanol–water partition coefficient (Wildman–Crippen LogP) is 3.17. The molecule has 0 saturated carbocycles. The molecule has 0 N–H and O–H groups in total. The first-order valence-corrected chi connectivity index (χ1v) is 9.30. The van der Waals surface area contributed by atoms with E-state index in [4.69, 9.17) is 4.74 Å². The molecule has 1 heterocycles. The smallest absolute Gasteiger partial charge is 0.0863 e. The molecule has 2 heteroatoms. The highest BCUT2D eigenvalue weighted by Gasteiger charge is 2.42. The average molecular weight is 234 g/mol. The lowest BCUT2D eigenvalue weighted by molar-refractivity contribution is 0.0669. The van der Waals surface area contributed by atoms with Gasteiger partial charge in [0.05, 0.1) is 20.3 Å². The number of ether oxygens (including phenoxy) is 1. The van der Waals surface area contributed by atoms with Crippen LogP contribution in [-0.2, 0) is 4.74 Å². The summed E-state index contributed by atoms with van der Waals surface area (Å²) in [5, 5.41) is 1.56. The second-order valence-electron chi connectivity index (χ2n) is 5.58. The lowest BCUT2D eigenvalue weighted by Gasteiger charge is -2.32. The van der Waals surface area contributed by atoms with E-state index in [1.54, 1.807) is 5.19 Å². The number of benzene rings is 1. The lowest BCUT2D eigenvalue weighted by Crippen LogP contribution is -2.48. The summed E-state index contributed by atoms with van der Waals surface area (Å²) < 4.78 is 5.92. The van der Waals surface area contributed by atoms with Crippen LogP contribution in [0.15, 0.2) is 30.3 Å². The monoisotopic (exact) mass is 234 g/mol. The Morgan fingerprint density at radius 1 is 1.12 bits per heavy atom. The molecule has 0 bridgehead atoms. The fraction of sp³-hybridized carbons (Fsp3) is 0.571. The molecular weight excluding hydrogens is 212 g/mol. The molecule has 1 aromatic carbocycles. The molecule has 2 rings (SSSR count). The van der Waals surface area contributed by atoms with Crippen molar-refractivity contribution in [2.45, 2.75) is 51.1 Å². The summed E-state index contributed by atoms with van der Waals surface area (Å²) in [5.41, 5.74) is 0.755. The second-order valence-corrected chi connectivity index (χ2v) is 10.3. The summed E-state index contributed by atoms with van der Waals surface area (Å²) in [6.07, 6.45) is 2.10. The van der Waals surface area contributed by atoms with Gasteiger partial charge in [-0.25, -0.2) is 0 Å². The van der Waals surface area contributed by atoms with Crippen LogP contribution in [0, 0.1) is 0 Å². The fourth-order valence-corrected chi connectivity index (χ4v) is 6.68. The third-order valence-electron chi connectivity index (χ3n) is 4.04. The Morgan fingerprint density at radius 3 is 2.25 bits per heavy atom. The predicted molar refractivity (Wildman–Crippen MR) is 71.9 cm³/mol.